The molecule has 2 unspecified atom stereocenters. The molecule has 1 aromatic carbocycles. The van der Waals surface area contributed by atoms with Gasteiger partial charge in [-0.25, -0.2) is 4.39 Å². The number of nitriles is 1. The fraction of sp³-hybridized carbons (Fsp3) is 0.364. The summed E-state index contributed by atoms with van der Waals surface area (Å²) in [5.41, 5.74) is 0.587. The Bertz CT molecular complexity index is 345. The third-order valence-electron chi connectivity index (χ3n) is 2.09. The lowest BCUT2D eigenvalue weighted by atomic mass is 9.95. The molecule has 0 radical (unpaired) electrons. The highest BCUT2D eigenvalue weighted by Crippen LogP contribution is 2.19. The maximum absolute atomic E-state index is 12.6. The minimum absolute atomic E-state index is 0.0790. The third kappa shape index (κ3) is 3.01. The van der Waals surface area contributed by atoms with Crippen molar-refractivity contribution >= 4 is 0 Å². The summed E-state index contributed by atoms with van der Waals surface area (Å²) >= 11 is 0. The normalized spacial score (nSPS) is 14.3. The van der Waals surface area contributed by atoms with Crippen molar-refractivity contribution in [3.8, 4) is 6.07 Å². The second-order valence-corrected chi connectivity index (χ2v) is 3.18. The van der Waals surface area contributed by atoms with Gasteiger partial charge in [0, 0.05) is 7.11 Å². The Morgan fingerprint density at radius 2 is 2.07 bits per heavy atom. The Kier molecular flexibility index (Phi) is 4.22. The van der Waals surface area contributed by atoms with Crippen LogP contribution >= 0.6 is 0 Å². The van der Waals surface area contributed by atoms with Crippen LogP contribution in [0.2, 0.25) is 0 Å². The molecule has 15 heavy (non-hydrogen) atoms. The summed E-state index contributed by atoms with van der Waals surface area (Å²) < 4.78 is 17.4. The number of benzene rings is 1. The predicted molar refractivity (Wildman–Crippen MR) is 52.6 cm³/mol. The number of hydrogen-bond donors (Lipinski definition) is 1. The van der Waals surface area contributed by atoms with Crippen LogP contribution in [0.4, 0.5) is 4.39 Å². The van der Waals surface area contributed by atoms with E-state index in [0.717, 1.165) is 0 Å². The zero-order chi connectivity index (χ0) is 11.3. The van der Waals surface area contributed by atoms with Crippen LogP contribution in [0.1, 0.15) is 11.5 Å². The number of ether oxygens (including phenoxy) is 1. The second-order valence-electron chi connectivity index (χ2n) is 3.18. The van der Waals surface area contributed by atoms with E-state index in [0.29, 0.717) is 5.56 Å². The van der Waals surface area contributed by atoms with E-state index in [-0.39, 0.29) is 12.4 Å². The lowest BCUT2D eigenvalue weighted by Crippen LogP contribution is -2.22. The highest BCUT2D eigenvalue weighted by Gasteiger charge is 2.20. The maximum Gasteiger partial charge on any atom is 0.123 e. The summed E-state index contributed by atoms with van der Waals surface area (Å²) in [6, 6.07) is 7.47. The minimum atomic E-state index is -0.898. The van der Waals surface area contributed by atoms with E-state index >= 15 is 0 Å². The highest BCUT2D eigenvalue weighted by atomic mass is 19.1. The molecule has 0 fully saturated rings. The smallest absolute Gasteiger partial charge is 0.123 e. The maximum atomic E-state index is 12.6. The molecule has 0 aromatic heterocycles. The van der Waals surface area contributed by atoms with Gasteiger partial charge < -0.3 is 9.84 Å². The molecule has 3 nitrogen and oxygen atoms in total. The van der Waals surface area contributed by atoms with Gasteiger partial charge >= 0.3 is 0 Å². The van der Waals surface area contributed by atoms with Crippen molar-refractivity contribution in [1.29, 1.82) is 5.26 Å². The van der Waals surface area contributed by atoms with E-state index in [1.807, 2.05) is 6.07 Å². The van der Waals surface area contributed by atoms with Gasteiger partial charge in [0.05, 0.1) is 24.7 Å². The van der Waals surface area contributed by atoms with Crippen LogP contribution in [0.25, 0.3) is 0 Å². The first kappa shape index (κ1) is 11.6. The first-order valence-electron chi connectivity index (χ1n) is 4.51. The summed E-state index contributed by atoms with van der Waals surface area (Å²) in [7, 11) is 1.45. The van der Waals surface area contributed by atoms with Gasteiger partial charge in [0.25, 0.3) is 0 Å². The van der Waals surface area contributed by atoms with E-state index in [1.165, 1.54) is 31.4 Å². The molecule has 80 valence electrons. The fourth-order valence-corrected chi connectivity index (χ4v) is 1.32. The molecule has 0 aliphatic rings. The molecule has 4 heteroatoms. The van der Waals surface area contributed by atoms with Gasteiger partial charge in [-0.1, -0.05) is 12.1 Å². The first-order valence-corrected chi connectivity index (χ1v) is 4.51. The molecule has 1 N–H and O–H groups in total. The molecule has 0 aliphatic heterocycles. The Balaban J connectivity index is 2.84. The molecular formula is C11H12FNO2. The van der Waals surface area contributed by atoms with E-state index < -0.39 is 12.0 Å². The molecule has 0 heterocycles. The molecule has 1 rings (SSSR count). The average molecular weight is 209 g/mol. The van der Waals surface area contributed by atoms with Crippen LogP contribution in [0.15, 0.2) is 24.3 Å². The van der Waals surface area contributed by atoms with E-state index in [2.05, 4.69) is 0 Å². The molecule has 0 aliphatic carbocycles. The number of methoxy groups -OCH3 is 1. The Morgan fingerprint density at radius 1 is 1.47 bits per heavy atom. The number of aliphatic hydroxyl groups is 1. The van der Waals surface area contributed by atoms with Crippen LogP contribution in [0.5, 0.6) is 0 Å². The summed E-state index contributed by atoms with van der Waals surface area (Å²) in [5.74, 6) is -1.05. The molecule has 1 aromatic rings. The molecular weight excluding hydrogens is 197 g/mol. The molecule has 0 bridgehead atoms. The summed E-state index contributed by atoms with van der Waals surface area (Å²) in [5, 5.41) is 18.5. The molecule has 0 spiro atoms. The highest BCUT2D eigenvalue weighted by molar-refractivity contribution is 5.26. The minimum Gasteiger partial charge on any atom is -0.389 e. The molecule has 0 saturated heterocycles. The van der Waals surface area contributed by atoms with Crippen molar-refractivity contribution in [3.05, 3.63) is 35.6 Å². The lowest BCUT2D eigenvalue weighted by Gasteiger charge is -2.15. The van der Waals surface area contributed by atoms with Crippen LogP contribution < -0.4 is 0 Å². The second kappa shape index (κ2) is 5.44. The van der Waals surface area contributed by atoms with Crippen molar-refractivity contribution < 1.29 is 14.2 Å². The molecule has 0 amide bonds. The van der Waals surface area contributed by atoms with Crippen molar-refractivity contribution in [1.82, 2.24) is 0 Å². The number of aliphatic hydroxyl groups excluding tert-OH is 1. The Hall–Kier alpha value is -1.44. The number of nitrogens with zero attached hydrogens (tertiary/aromatic N) is 1. The third-order valence-corrected chi connectivity index (χ3v) is 2.09. The summed E-state index contributed by atoms with van der Waals surface area (Å²) in [6.07, 6.45) is -0.898. The van der Waals surface area contributed by atoms with Crippen LogP contribution in [0, 0.1) is 17.1 Å². The number of halogens is 1. The summed E-state index contributed by atoms with van der Waals surface area (Å²) in [4.78, 5) is 0. The lowest BCUT2D eigenvalue weighted by molar-refractivity contribution is 0.0571. The van der Waals surface area contributed by atoms with Crippen molar-refractivity contribution in [2.45, 2.75) is 12.0 Å². The monoisotopic (exact) mass is 209 g/mol. The quantitative estimate of drug-likeness (QED) is 0.816. The van der Waals surface area contributed by atoms with Gasteiger partial charge in [0.15, 0.2) is 0 Å². The van der Waals surface area contributed by atoms with Crippen LogP contribution in [0.3, 0.4) is 0 Å². The van der Waals surface area contributed by atoms with Crippen LogP contribution in [-0.4, -0.2) is 24.9 Å². The van der Waals surface area contributed by atoms with Crippen LogP contribution in [-0.2, 0) is 4.74 Å². The zero-order valence-corrected chi connectivity index (χ0v) is 8.35. The van der Waals surface area contributed by atoms with E-state index in [9.17, 15) is 9.50 Å². The van der Waals surface area contributed by atoms with Gasteiger partial charge in [-0.15, -0.1) is 0 Å². The SMILES string of the molecule is COCC(O)C(C#N)c1ccc(F)cc1. The first-order chi connectivity index (χ1) is 7.19. The van der Waals surface area contributed by atoms with Crippen molar-refractivity contribution in [3.63, 3.8) is 0 Å². The van der Waals surface area contributed by atoms with E-state index in [4.69, 9.17) is 10.00 Å². The van der Waals surface area contributed by atoms with Crippen molar-refractivity contribution in [2.75, 3.05) is 13.7 Å². The molecule has 0 saturated carbocycles. The van der Waals surface area contributed by atoms with Gasteiger partial charge in [0.1, 0.15) is 5.82 Å². The standard InChI is InChI=1S/C11H12FNO2/c1-15-7-11(14)10(6-13)8-2-4-9(12)5-3-8/h2-5,10-11,14H,7H2,1H3. The largest absolute Gasteiger partial charge is 0.389 e. The Labute approximate surface area is 87.7 Å². The van der Waals surface area contributed by atoms with Gasteiger partial charge in [-0.3, -0.25) is 0 Å². The number of hydrogen-bond acceptors (Lipinski definition) is 3. The fourth-order valence-electron chi connectivity index (χ4n) is 1.32. The van der Waals surface area contributed by atoms with Gasteiger partial charge in [-0.05, 0) is 17.7 Å². The van der Waals surface area contributed by atoms with Gasteiger partial charge in [0.2, 0.25) is 0 Å². The van der Waals surface area contributed by atoms with Gasteiger partial charge in [-0.2, -0.15) is 5.26 Å². The number of rotatable bonds is 4. The van der Waals surface area contributed by atoms with E-state index in [1.54, 1.807) is 0 Å². The Morgan fingerprint density at radius 3 is 2.53 bits per heavy atom. The molecule has 2 atom stereocenters. The van der Waals surface area contributed by atoms with Crippen molar-refractivity contribution in [2.24, 2.45) is 0 Å². The topological polar surface area (TPSA) is 53.2 Å². The zero-order valence-electron chi connectivity index (χ0n) is 8.35. The predicted octanol–water partition coefficient (Wildman–Crippen LogP) is 1.44. The summed E-state index contributed by atoms with van der Waals surface area (Å²) in [6.45, 7) is 0.0790. The average Bonchev–Trinajstić information content (AvgIpc) is 2.22.